The average molecular weight is 546 g/mol. The van der Waals surface area contributed by atoms with Crippen molar-refractivity contribution in [1.82, 2.24) is 14.7 Å². The Labute approximate surface area is 224 Å². The minimum atomic E-state index is -0.719. The third kappa shape index (κ3) is 5.97. The van der Waals surface area contributed by atoms with Crippen molar-refractivity contribution in [2.75, 3.05) is 13.2 Å². The second-order valence-electron chi connectivity index (χ2n) is 9.46. The summed E-state index contributed by atoms with van der Waals surface area (Å²) in [7, 11) is 0. The first-order valence-corrected chi connectivity index (χ1v) is 12.4. The summed E-state index contributed by atoms with van der Waals surface area (Å²) in [5, 5.41) is 5.35. The third-order valence-corrected chi connectivity index (χ3v) is 6.00. The minimum absolute atomic E-state index is 0.0566. The Balaban J connectivity index is 1.94. The fourth-order valence-corrected chi connectivity index (χ4v) is 4.47. The maximum Gasteiger partial charge on any atom is 0.410 e. The van der Waals surface area contributed by atoms with E-state index in [-0.39, 0.29) is 31.2 Å². The minimum Gasteiger partial charge on any atom is -0.461 e. The van der Waals surface area contributed by atoms with E-state index in [1.807, 2.05) is 6.08 Å². The van der Waals surface area contributed by atoms with Gasteiger partial charge in [-0.15, -0.1) is 0 Å². The number of benzene rings is 2. The smallest absolute Gasteiger partial charge is 0.410 e. The van der Waals surface area contributed by atoms with E-state index in [9.17, 15) is 14.0 Å². The zero-order chi connectivity index (χ0) is 26.9. The van der Waals surface area contributed by atoms with Crippen LogP contribution in [0.3, 0.4) is 0 Å². The highest BCUT2D eigenvalue weighted by molar-refractivity contribution is 6.35. The van der Waals surface area contributed by atoms with Crippen LogP contribution < -0.4 is 0 Å². The number of nitrogens with zero attached hydrogens (tertiary/aromatic N) is 3. The van der Waals surface area contributed by atoms with Crippen LogP contribution in [0.25, 0.3) is 17.3 Å². The van der Waals surface area contributed by atoms with Crippen molar-refractivity contribution in [2.24, 2.45) is 0 Å². The van der Waals surface area contributed by atoms with E-state index in [0.29, 0.717) is 38.1 Å². The van der Waals surface area contributed by atoms with Crippen molar-refractivity contribution in [3.05, 3.63) is 80.8 Å². The molecule has 0 bridgehead atoms. The Morgan fingerprint density at radius 1 is 1.11 bits per heavy atom. The summed E-state index contributed by atoms with van der Waals surface area (Å²) in [6.45, 7) is 7.39. The van der Waals surface area contributed by atoms with Crippen LogP contribution in [-0.2, 0) is 16.0 Å². The normalized spacial score (nSPS) is 14.5. The monoisotopic (exact) mass is 545 g/mol. The van der Waals surface area contributed by atoms with Crippen molar-refractivity contribution in [3.63, 3.8) is 0 Å². The summed E-state index contributed by atoms with van der Waals surface area (Å²) >= 11 is 12.6. The van der Waals surface area contributed by atoms with Crippen molar-refractivity contribution >= 4 is 46.9 Å². The van der Waals surface area contributed by atoms with Gasteiger partial charge in [0.25, 0.3) is 0 Å². The number of hydrogen-bond donors (Lipinski definition) is 0. The largest absolute Gasteiger partial charge is 0.461 e. The topological polar surface area (TPSA) is 73.7 Å². The van der Waals surface area contributed by atoms with Gasteiger partial charge < -0.3 is 9.47 Å². The number of esters is 1. The highest BCUT2D eigenvalue weighted by atomic mass is 35.5. The molecule has 1 aliphatic heterocycles. The summed E-state index contributed by atoms with van der Waals surface area (Å²) in [4.78, 5) is 27.5. The molecule has 1 aromatic heterocycles. The Kier molecular flexibility index (Phi) is 7.62. The van der Waals surface area contributed by atoms with Gasteiger partial charge in [-0.2, -0.15) is 5.10 Å². The number of hydrogen-bond acceptors (Lipinski definition) is 5. The van der Waals surface area contributed by atoms with Crippen LogP contribution in [-0.4, -0.2) is 45.5 Å². The number of ether oxygens (including phenoxy) is 2. The molecular weight excluding hydrogens is 520 g/mol. The van der Waals surface area contributed by atoms with Crippen LogP contribution in [0, 0.1) is 5.82 Å². The number of carbonyl (C=O) groups is 2. The predicted octanol–water partition coefficient (Wildman–Crippen LogP) is 6.79. The van der Waals surface area contributed by atoms with E-state index in [2.05, 4.69) is 5.10 Å². The summed E-state index contributed by atoms with van der Waals surface area (Å²) in [6, 6.07) is 10.9. The molecule has 0 radical (unpaired) electrons. The van der Waals surface area contributed by atoms with Gasteiger partial charge in [0.1, 0.15) is 11.4 Å². The zero-order valence-electron chi connectivity index (χ0n) is 20.8. The zero-order valence-corrected chi connectivity index (χ0v) is 22.4. The second kappa shape index (κ2) is 10.6. The van der Waals surface area contributed by atoms with Gasteiger partial charge in [-0.25, -0.2) is 18.7 Å². The molecule has 2 aromatic carbocycles. The molecule has 0 saturated carbocycles. The number of carbonyl (C=O) groups excluding carboxylic acids is 2. The first kappa shape index (κ1) is 26.7. The number of aromatic nitrogens is 2. The SMILES string of the molecule is CCOC(=O)c1nn(-c2ccc(Cl)cc2Cl)c2c1CN(C(=O)OC(C)(C)C)CC2=Cc1ccc(F)cc1. The Hall–Kier alpha value is -3.36. The van der Waals surface area contributed by atoms with E-state index < -0.39 is 17.7 Å². The third-order valence-electron chi connectivity index (χ3n) is 5.47. The lowest BCUT2D eigenvalue weighted by Crippen LogP contribution is -2.40. The van der Waals surface area contributed by atoms with Gasteiger partial charge in [0.2, 0.25) is 0 Å². The molecule has 0 saturated heterocycles. The fraction of sp³-hybridized carbons (Fsp3) is 0.296. The second-order valence-corrected chi connectivity index (χ2v) is 10.3. The molecule has 2 heterocycles. The quantitative estimate of drug-likeness (QED) is 0.337. The lowest BCUT2D eigenvalue weighted by Gasteiger charge is -2.32. The number of rotatable bonds is 4. The molecular formula is C27H26Cl2FN3O4. The van der Waals surface area contributed by atoms with Gasteiger partial charge in [-0.05, 0) is 75.2 Å². The maximum absolute atomic E-state index is 13.6. The van der Waals surface area contributed by atoms with E-state index in [1.54, 1.807) is 62.7 Å². The molecule has 0 unspecified atom stereocenters. The van der Waals surface area contributed by atoms with Crippen LogP contribution in [0.1, 0.15) is 55.0 Å². The van der Waals surface area contributed by atoms with Crippen LogP contribution >= 0.6 is 23.2 Å². The Morgan fingerprint density at radius 2 is 1.81 bits per heavy atom. The Morgan fingerprint density at radius 3 is 2.43 bits per heavy atom. The van der Waals surface area contributed by atoms with Crippen molar-refractivity contribution in [3.8, 4) is 5.69 Å². The van der Waals surface area contributed by atoms with Gasteiger partial charge in [-0.1, -0.05) is 35.3 Å². The van der Waals surface area contributed by atoms with Crippen LogP contribution in [0.2, 0.25) is 10.0 Å². The first-order valence-electron chi connectivity index (χ1n) is 11.7. The summed E-state index contributed by atoms with van der Waals surface area (Å²) in [6.07, 6.45) is 1.27. The van der Waals surface area contributed by atoms with Crippen LogP contribution in [0.4, 0.5) is 9.18 Å². The number of fused-ring (bicyclic) bond motifs is 1. The highest BCUT2D eigenvalue weighted by Gasteiger charge is 2.36. The van der Waals surface area contributed by atoms with Gasteiger partial charge in [0.05, 0.1) is 36.1 Å². The van der Waals surface area contributed by atoms with E-state index >= 15 is 0 Å². The molecule has 7 nitrogen and oxygen atoms in total. The van der Waals surface area contributed by atoms with Gasteiger partial charge in [-0.3, -0.25) is 4.90 Å². The predicted molar refractivity (Wildman–Crippen MR) is 140 cm³/mol. The molecule has 0 aliphatic carbocycles. The molecule has 0 atom stereocenters. The van der Waals surface area contributed by atoms with Gasteiger partial charge in [0, 0.05) is 10.6 Å². The summed E-state index contributed by atoms with van der Waals surface area (Å²) < 4.78 is 26.0. The molecule has 1 aliphatic rings. The molecule has 37 heavy (non-hydrogen) atoms. The van der Waals surface area contributed by atoms with E-state index in [0.717, 1.165) is 0 Å². The number of amides is 1. The first-order chi connectivity index (χ1) is 17.5. The summed E-state index contributed by atoms with van der Waals surface area (Å²) in [5.74, 6) is -1.00. The standard InChI is InChI=1S/C27H26Cl2FN3O4/c1-5-36-25(34)23-20-15-32(26(35)37-27(2,3)4)14-17(12-16-6-9-19(30)10-7-16)24(20)33(31-23)22-11-8-18(28)13-21(22)29/h6-13H,5,14-15H2,1-4H3. The van der Waals surface area contributed by atoms with Gasteiger partial charge in [0.15, 0.2) is 5.69 Å². The Bertz CT molecular complexity index is 1380. The molecule has 194 valence electrons. The lowest BCUT2D eigenvalue weighted by atomic mass is 9.97. The lowest BCUT2D eigenvalue weighted by molar-refractivity contribution is 0.0251. The van der Waals surface area contributed by atoms with E-state index in [1.165, 1.54) is 17.0 Å². The highest BCUT2D eigenvalue weighted by Crippen LogP contribution is 2.36. The fourth-order valence-electron chi connectivity index (χ4n) is 3.98. The number of halogens is 3. The molecule has 0 N–H and O–H groups in total. The molecule has 0 spiro atoms. The van der Waals surface area contributed by atoms with Crippen molar-refractivity contribution < 1.29 is 23.5 Å². The molecule has 3 aromatic rings. The van der Waals surface area contributed by atoms with Crippen LogP contribution in [0.15, 0.2) is 42.5 Å². The van der Waals surface area contributed by atoms with Crippen molar-refractivity contribution in [2.45, 2.75) is 39.8 Å². The van der Waals surface area contributed by atoms with Gasteiger partial charge >= 0.3 is 12.1 Å². The van der Waals surface area contributed by atoms with E-state index in [4.69, 9.17) is 32.7 Å². The van der Waals surface area contributed by atoms with Crippen molar-refractivity contribution in [1.29, 1.82) is 0 Å². The molecule has 10 heteroatoms. The molecule has 1 amide bonds. The maximum atomic E-state index is 13.6. The van der Waals surface area contributed by atoms with Crippen LogP contribution in [0.5, 0.6) is 0 Å². The molecule has 0 fully saturated rings. The average Bonchev–Trinajstić information content (AvgIpc) is 3.19. The summed E-state index contributed by atoms with van der Waals surface area (Å²) in [5.41, 5.74) is 2.23. The molecule has 4 rings (SSSR count).